The van der Waals surface area contributed by atoms with Crippen molar-refractivity contribution in [3.63, 3.8) is 0 Å². The van der Waals surface area contributed by atoms with E-state index in [2.05, 4.69) is 25.1 Å². The second-order valence-corrected chi connectivity index (χ2v) is 4.92. The first-order chi connectivity index (χ1) is 10.9. The van der Waals surface area contributed by atoms with Gasteiger partial charge in [-0.05, 0) is 0 Å². The Morgan fingerprint density at radius 2 is 2.30 bits per heavy atom. The number of nitrogens with zero attached hydrogens (tertiary/aromatic N) is 6. The molecular weight excluding hydrogens is 306 g/mol. The van der Waals surface area contributed by atoms with Crippen molar-refractivity contribution in [2.75, 3.05) is 12.3 Å². The number of aromatic nitrogens is 5. The topological polar surface area (TPSA) is 156 Å². The van der Waals surface area contributed by atoms with E-state index in [1.54, 1.807) is 0 Å². The summed E-state index contributed by atoms with van der Waals surface area (Å²) in [6.07, 6.45) is 3.11. The number of fused-ring (bicyclic) bond motifs is 1. The largest absolute Gasteiger partial charge is 0.390 e. The summed E-state index contributed by atoms with van der Waals surface area (Å²) in [6, 6.07) is 0. The lowest BCUT2D eigenvalue weighted by molar-refractivity contribution is -0.0828. The van der Waals surface area contributed by atoms with E-state index in [4.69, 9.17) is 23.5 Å². The third kappa shape index (κ3) is 1.79. The number of hydrogen-bond acceptors (Lipinski definition) is 9. The maximum atomic E-state index is 10.6. The van der Waals surface area contributed by atoms with E-state index in [0.29, 0.717) is 0 Å². The Labute approximate surface area is 129 Å². The highest BCUT2D eigenvalue weighted by molar-refractivity contribution is 5.57. The molecule has 0 spiro atoms. The van der Waals surface area contributed by atoms with Crippen LogP contribution in [0.15, 0.2) is 6.33 Å². The van der Waals surface area contributed by atoms with Crippen LogP contribution in [0.1, 0.15) is 11.9 Å². The number of rotatable bonds is 2. The summed E-state index contributed by atoms with van der Waals surface area (Å²) in [5.74, 6) is 1.94. The lowest BCUT2D eigenvalue weighted by Crippen LogP contribution is -2.50. The van der Waals surface area contributed by atoms with Gasteiger partial charge in [0.2, 0.25) is 11.8 Å². The number of nitrogens with two attached hydrogens (primary N) is 1. The molecule has 11 heteroatoms. The summed E-state index contributed by atoms with van der Waals surface area (Å²) in [7, 11) is 0. The van der Waals surface area contributed by atoms with Crippen LogP contribution in [-0.4, -0.2) is 64.2 Å². The van der Waals surface area contributed by atoms with Gasteiger partial charge in [0, 0.05) is 0 Å². The van der Waals surface area contributed by atoms with Crippen molar-refractivity contribution in [3.05, 3.63) is 23.6 Å². The number of anilines is 1. The van der Waals surface area contributed by atoms with Gasteiger partial charge in [0.05, 0.1) is 0 Å². The zero-order valence-electron chi connectivity index (χ0n) is 11.5. The van der Waals surface area contributed by atoms with Crippen molar-refractivity contribution in [3.8, 4) is 12.3 Å². The normalized spacial score (nSPS) is 33.4. The monoisotopic (exact) mass is 317 g/mol. The van der Waals surface area contributed by atoms with Crippen LogP contribution in [0.4, 0.5) is 5.82 Å². The number of terminal acetylenes is 1. The van der Waals surface area contributed by atoms with Gasteiger partial charge in [-0.2, -0.15) is 9.61 Å². The van der Waals surface area contributed by atoms with Crippen LogP contribution in [0.3, 0.4) is 0 Å². The molecule has 1 fully saturated rings. The zero-order valence-corrected chi connectivity index (χ0v) is 11.5. The second kappa shape index (κ2) is 4.84. The molecule has 1 aliphatic rings. The maximum absolute atomic E-state index is 10.6. The maximum Gasteiger partial charge on any atom is 0.390 e. The molecule has 2 aromatic heterocycles. The number of hydrogen-bond donors (Lipinski definition) is 4. The van der Waals surface area contributed by atoms with E-state index in [0.717, 1.165) is 10.8 Å². The molecule has 11 nitrogen and oxygen atoms in total. The van der Waals surface area contributed by atoms with Crippen LogP contribution in [0.25, 0.3) is 10.5 Å². The minimum atomic E-state index is -2.32. The second-order valence-electron chi connectivity index (χ2n) is 4.92. The first-order valence-corrected chi connectivity index (χ1v) is 6.31. The van der Waals surface area contributed by atoms with E-state index in [1.165, 1.54) is 0 Å². The standard InChI is InChI=1S/C12H11N7O4/c1-3-11(22)6(23-12(4-20,14-2)10(11)21)8-17-18-9-7(13)15-5-16-19(8)9/h1,5-6,10,20-22H,4H2,(H2,13,15,16)/t6-,10-,11-,12+/m0/s1. The van der Waals surface area contributed by atoms with Crippen LogP contribution in [0, 0.1) is 18.9 Å². The number of aliphatic hydroxyl groups excluding tert-OH is 2. The molecule has 118 valence electrons. The SMILES string of the molecule is [C-]#[N+][C@]1(CO)O[C@@H](c2nnc3c(N)ncnn23)[C@@](O)(C#C)[C@@H]1O. The summed E-state index contributed by atoms with van der Waals surface area (Å²) >= 11 is 0. The molecule has 2 aromatic rings. The Hall–Kier alpha value is -2.83. The molecule has 1 aliphatic heterocycles. The van der Waals surface area contributed by atoms with Gasteiger partial charge >= 0.3 is 5.72 Å². The number of aliphatic hydroxyl groups is 3. The van der Waals surface area contributed by atoms with Gasteiger partial charge in [-0.1, -0.05) is 5.92 Å². The van der Waals surface area contributed by atoms with Crippen LogP contribution in [0.5, 0.6) is 0 Å². The lowest BCUT2D eigenvalue weighted by atomic mass is 9.89. The van der Waals surface area contributed by atoms with Crippen LogP contribution >= 0.6 is 0 Å². The molecule has 3 heterocycles. The van der Waals surface area contributed by atoms with Gasteiger partial charge < -0.3 is 21.1 Å². The average molecular weight is 317 g/mol. The molecule has 0 amide bonds. The summed E-state index contributed by atoms with van der Waals surface area (Å²) < 4.78 is 6.51. The molecule has 0 saturated carbocycles. The van der Waals surface area contributed by atoms with E-state index in [1.807, 2.05) is 5.92 Å². The van der Waals surface area contributed by atoms with Crippen molar-refractivity contribution in [1.29, 1.82) is 0 Å². The van der Waals surface area contributed by atoms with Crippen molar-refractivity contribution >= 4 is 11.5 Å². The number of ether oxygens (including phenoxy) is 1. The van der Waals surface area contributed by atoms with Crippen LogP contribution in [-0.2, 0) is 4.74 Å². The third-order valence-electron chi connectivity index (χ3n) is 3.71. The molecular formula is C12H11N7O4. The Kier molecular flexibility index (Phi) is 3.17. The summed E-state index contributed by atoms with van der Waals surface area (Å²) in [4.78, 5) is 6.82. The van der Waals surface area contributed by atoms with Gasteiger partial charge in [0.25, 0.3) is 0 Å². The van der Waals surface area contributed by atoms with Gasteiger partial charge in [-0.25, -0.2) is 11.6 Å². The van der Waals surface area contributed by atoms with Crippen molar-refractivity contribution in [2.24, 2.45) is 0 Å². The third-order valence-corrected chi connectivity index (χ3v) is 3.71. The highest BCUT2D eigenvalue weighted by Gasteiger charge is 2.69. The molecule has 4 atom stereocenters. The van der Waals surface area contributed by atoms with Gasteiger partial charge in [-0.15, -0.1) is 16.6 Å². The summed E-state index contributed by atoms with van der Waals surface area (Å²) in [6.45, 7) is 6.27. The van der Waals surface area contributed by atoms with Gasteiger partial charge in [0.15, 0.2) is 30.0 Å². The Balaban J connectivity index is 2.20. The summed E-state index contributed by atoms with van der Waals surface area (Å²) in [5, 5.41) is 41.7. The molecule has 3 rings (SSSR count). The average Bonchev–Trinajstić information content (AvgIpc) is 3.08. The highest BCUT2D eigenvalue weighted by atomic mass is 16.6. The van der Waals surface area contributed by atoms with Gasteiger partial charge in [0.1, 0.15) is 6.33 Å². The molecule has 0 aromatic carbocycles. The fraction of sp³-hybridized carbons (Fsp3) is 0.417. The van der Waals surface area contributed by atoms with Crippen molar-refractivity contribution in [2.45, 2.75) is 23.5 Å². The van der Waals surface area contributed by atoms with E-state index >= 15 is 0 Å². The molecule has 0 unspecified atom stereocenters. The van der Waals surface area contributed by atoms with Crippen LogP contribution in [0.2, 0.25) is 0 Å². The zero-order chi connectivity index (χ0) is 16.8. The molecule has 5 N–H and O–H groups in total. The predicted octanol–water partition coefficient (Wildman–Crippen LogP) is -2.49. The Morgan fingerprint density at radius 1 is 1.57 bits per heavy atom. The summed E-state index contributed by atoms with van der Waals surface area (Å²) in [5.41, 5.74) is 1.28. The Bertz CT molecular complexity index is 855. The lowest BCUT2D eigenvalue weighted by Gasteiger charge is -2.23. The molecule has 0 radical (unpaired) electrons. The first-order valence-electron chi connectivity index (χ1n) is 6.31. The predicted molar refractivity (Wildman–Crippen MR) is 73.0 cm³/mol. The van der Waals surface area contributed by atoms with Gasteiger partial charge in [-0.3, -0.25) is 9.58 Å². The van der Waals surface area contributed by atoms with E-state index in [9.17, 15) is 15.3 Å². The molecule has 0 bridgehead atoms. The fourth-order valence-electron chi connectivity index (χ4n) is 2.42. The van der Waals surface area contributed by atoms with Crippen molar-refractivity contribution < 1.29 is 20.1 Å². The molecule has 23 heavy (non-hydrogen) atoms. The highest BCUT2D eigenvalue weighted by Crippen LogP contribution is 2.46. The first kappa shape index (κ1) is 15.1. The smallest absolute Gasteiger partial charge is 0.385 e. The fourth-order valence-corrected chi connectivity index (χ4v) is 2.42. The van der Waals surface area contributed by atoms with Crippen LogP contribution < -0.4 is 5.73 Å². The van der Waals surface area contributed by atoms with Crippen molar-refractivity contribution in [1.82, 2.24) is 24.8 Å². The molecule has 0 aliphatic carbocycles. The minimum Gasteiger partial charge on any atom is -0.385 e. The Morgan fingerprint density at radius 3 is 2.91 bits per heavy atom. The quantitative estimate of drug-likeness (QED) is 0.347. The van der Waals surface area contributed by atoms with E-state index in [-0.39, 0.29) is 17.3 Å². The number of nitrogen functional groups attached to an aromatic ring is 1. The van der Waals surface area contributed by atoms with E-state index < -0.39 is 30.1 Å². The molecule has 1 saturated heterocycles. The minimum absolute atomic E-state index is 0.0279.